The van der Waals surface area contributed by atoms with Crippen molar-refractivity contribution in [3.05, 3.63) is 57.8 Å². The van der Waals surface area contributed by atoms with E-state index in [9.17, 15) is 4.79 Å². The van der Waals surface area contributed by atoms with E-state index in [0.29, 0.717) is 18.9 Å². The third-order valence-corrected chi connectivity index (χ3v) is 6.04. The Hall–Kier alpha value is -2.82. The van der Waals surface area contributed by atoms with E-state index in [2.05, 4.69) is 18.0 Å². The number of methoxy groups -OCH3 is 1. The van der Waals surface area contributed by atoms with Gasteiger partial charge < -0.3 is 14.6 Å². The number of carbonyl (C=O) groups is 1. The number of ether oxygens (including phenoxy) is 2. The summed E-state index contributed by atoms with van der Waals surface area (Å²) in [4.78, 5) is 15.4. The molecule has 0 saturated carbocycles. The fourth-order valence-corrected chi connectivity index (χ4v) is 4.10. The molecule has 160 valence electrons. The topological polar surface area (TPSA) is 68.7 Å². The summed E-state index contributed by atoms with van der Waals surface area (Å²) in [5.41, 5.74) is 8.22. The quantitative estimate of drug-likeness (QED) is 0.608. The summed E-state index contributed by atoms with van der Waals surface area (Å²) in [5.74, 6) is 0.798. The Morgan fingerprint density at radius 3 is 2.67 bits per heavy atom. The molecule has 5 nitrogen and oxygen atoms in total. The molecule has 3 rings (SSSR count). The highest BCUT2D eigenvalue weighted by atomic mass is 16.5. The first-order valence-corrected chi connectivity index (χ1v) is 10.6. The Morgan fingerprint density at radius 1 is 1.17 bits per heavy atom. The minimum absolute atomic E-state index is 0.145. The first-order valence-electron chi connectivity index (χ1n) is 10.6. The van der Waals surface area contributed by atoms with E-state index in [-0.39, 0.29) is 6.42 Å². The molecule has 1 aliphatic rings. The summed E-state index contributed by atoms with van der Waals surface area (Å²) < 4.78 is 11.6. The zero-order valence-corrected chi connectivity index (χ0v) is 18.4. The highest BCUT2D eigenvalue weighted by molar-refractivity contribution is 5.71. The number of carboxylic acids is 1. The molecular weight excluding hydrogens is 378 g/mol. The molecule has 0 atom stereocenters. The van der Waals surface area contributed by atoms with E-state index in [1.807, 2.05) is 32.2 Å². The van der Waals surface area contributed by atoms with Gasteiger partial charge in [0.2, 0.25) is 5.88 Å². The molecule has 1 aromatic heterocycles. The summed E-state index contributed by atoms with van der Waals surface area (Å²) in [7, 11) is 1.66. The lowest BCUT2D eigenvalue weighted by atomic mass is 9.99. The number of hydrogen-bond donors (Lipinski definition) is 1. The first-order chi connectivity index (χ1) is 14.4. The Labute approximate surface area is 178 Å². The minimum atomic E-state index is -0.771. The monoisotopic (exact) mass is 409 g/mol. The number of carboxylic acid groups (broad SMARTS) is 1. The predicted octanol–water partition coefficient (Wildman–Crippen LogP) is 5.30. The van der Waals surface area contributed by atoms with Gasteiger partial charge in [0.05, 0.1) is 7.11 Å². The highest BCUT2D eigenvalue weighted by Crippen LogP contribution is 2.36. The van der Waals surface area contributed by atoms with Gasteiger partial charge in [-0.1, -0.05) is 13.0 Å². The average molecular weight is 410 g/mol. The molecule has 0 aliphatic heterocycles. The zero-order valence-electron chi connectivity index (χ0n) is 18.4. The summed E-state index contributed by atoms with van der Waals surface area (Å²) in [6.07, 6.45) is 6.70. The Kier molecular flexibility index (Phi) is 7.14. The maximum absolute atomic E-state index is 10.9. The second-order valence-corrected chi connectivity index (χ2v) is 7.84. The third-order valence-electron chi connectivity index (χ3n) is 6.04. The second kappa shape index (κ2) is 9.79. The van der Waals surface area contributed by atoms with Gasteiger partial charge in [0.25, 0.3) is 0 Å². The summed E-state index contributed by atoms with van der Waals surface area (Å²) in [6.45, 7) is 6.76. The molecule has 0 amide bonds. The van der Waals surface area contributed by atoms with Crippen LogP contribution in [0.2, 0.25) is 0 Å². The van der Waals surface area contributed by atoms with Gasteiger partial charge in [-0.25, -0.2) is 4.98 Å². The fourth-order valence-electron chi connectivity index (χ4n) is 4.10. The van der Waals surface area contributed by atoms with Gasteiger partial charge in [0.1, 0.15) is 12.4 Å². The normalized spacial score (nSPS) is 13.6. The van der Waals surface area contributed by atoms with Crippen molar-refractivity contribution in [1.29, 1.82) is 0 Å². The number of rotatable bonds is 9. The standard InChI is InChI=1S/C25H31NO4/c1-5-18-13-21(14-26-25(18)29-4)22-8-6-7-20(22)15-30-23-11-9-19(10-12-24(27)28)16(2)17(23)3/h9,11,13-14H,5-8,10,12,15H2,1-4H3,(H,27,28). The number of hydrogen-bond acceptors (Lipinski definition) is 4. The van der Waals surface area contributed by atoms with E-state index in [4.69, 9.17) is 14.6 Å². The Balaban J connectivity index is 1.77. The number of aromatic nitrogens is 1. The van der Waals surface area contributed by atoms with Crippen molar-refractivity contribution in [2.75, 3.05) is 13.7 Å². The van der Waals surface area contributed by atoms with Crippen LogP contribution in [0.3, 0.4) is 0 Å². The number of allylic oxidation sites excluding steroid dienone is 1. The largest absolute Gasteiger partial charge is 0.489 e. The highest BCUT2D eigenvalue weighted by Gasteiger charge is 2.19. The van der Waals surface area contributed by atoms with Crippen molar-refractivity contribution in [2.45, 2.75) is 59.3 Å². The van der Waals surface area contributed by atoms with E-state index < -0.39 is 5.97 Å². The van der Waals surface area contributed by atoms with Crippen molar-refractivity contribution >= 4 is 11.5 Å². The maximum Gasteiger partial charge on any atom is 0.303 e. The first kappa shape index (κ1) is 21.9. The molecule has 1 aromatic carbocycles. The molecule has 0 saturated heterocycles. The van der Waals surface area contributed by atoms with Crippen molar-refractivity contribution in [2.24, 2.45) is 0 Å². The zero-order chi connectivity index (χ0) is 21.7. The molecule has 0 bridgehead atoms. The van der Waals surface area contributed by atoms with Crippen LogP contribution in [-0.2, 0) is 17.6 Å². The van der Waals surface area contributed by atoms with Crippen LogP contribution in [0.4, 0.5) is 0 Å². The number of aliphatic carboxylic acids is 1. The van der Waals surface area contributed by atoms with Crippen LogP contribution in [0.1, 0.15) is 60.4 Å². The molecule has 1 heterocycles. The molecule has 5 heteroatoms. The third kappa shape index (κ3) is 4.84. The maximum atomic E-state index is 10.9. The molecule has 1 aliphatic carbocycles. The van der Waals surface area contributed by atoms with Crippen molar-refractivity contribution in [1.82, 2.24) is 4.98 Å². The van der Waals surface area contributed by atoms with Gasteiger partial charge in [-0.2, -0.15) is 0 Å². The molecular formula is C25H31NO4. The lowest BCUT2D eigenvalue weighted by molar-refractivity contribution is -0.136. The van der Waals surface area contributed by atoms with Gasteiger partial charge in [-0.05, 0) is 91.5 Å². The molecule has 0 radical (unpaired) electrons. The van der Waals surface area contributed by atoms with Gasteiger partial charge in [-0.3, -0.25) is 4.79 Å². The molecule has 30 heavy (non-hydrogen) atoms. The summed E-state index contributed by atoms with van der Waals surface area (Å²) in [6, 6.07) is 6.16. The van der Waals surface area contributed by atoms with E-state index in [1.165, 1.54) is 16.7 Å². The van der Waals surface area contributed by atoms with Crippen LogP contribution < -0.4 is 9.47 Å². The minimum Gasteiger partial charge on any atom is -0.489 e. The van der Waals surface area contributed by atoms with Crippen molar-refractivity contribution in [3.63, 3.8) is 0 Å². The van der Waals surface area contributed by atoms with Crippen molar-refractivity contribution < 1.29 is 19.4 Å². The fraction of sp³-hybridized carbons (Fsp3) is 0.440. The van der Waals surface area contributed by atoms with Crippen LogP contribution in [0.25, 0.3) is 5.57 Å². The summed E-state index contributed by atoms with van der Waals surface area (Å²) in [5, 5.41) is 8.93. The van der Waals surface area contributed by atoms with Gasteiger partial charge in [0.15, 0.2) is 0 Å². The molecule has 0 spiro atoms. The Morgan fingerprint density at radius 2 is 1.97 bits per heavy atom. The lowest BCUT2D eigenvalue weighted by Crippen LogP contribution is -2.05. The number of pyridine rings is 1. The van der Waals surface area contributed by atoms with E-state index >= 15 is 0 Å². The molecule has 2 aromatic rings. The van der Waals surface area contributed by atoms with Crippen molar-refractivity contribution in [3.8, 4) is 11.6 Å². The second-order valence-electron chi connectivity index (χ2n) is 7.84. The molecule has 0 unspecified atom stereocenters. The van der Waals surface area contributed by atoms with E-state index in [1.54, 1.807) is 7.11 Å². The average Bonchev–Trinajstić information content (AvgIpc) is 3.22. The number of nitrogens with zero attached hydrogens (tertiary/aromatic N) is 1. The van der Waals surface area contributed by atoms with Crippen LogP contribution in [0.5, 0.6) is 11.6 Å². The SMILES string of the molecule is CCc1cc(C2=C(COc3ccc(CCC(=O)O)c(C)c3C)CCC2)cnc1OC. The van der Waals surface area contributed by atoms with Crippen LogP contribution in [0, 0.1) is 13.8 Å². The van der Waals surface area contributed by atoms with Gasteiger partial charge >= 0.3 is 5.97 Å². The number of aryl methyl sites for hydroxylation is 2. The van der Waals surface area contributed by atoms with Gasteiger partial charge in [0, 0.05) is 18.2 Å². The van der Waals surface area contributed by atoms with Crippen LogP contribution in [0.15, 0.2) is 30.0 Å². The lowest BCUT2D eigenvalue weighted by Gasteiger charge is -2.16. The predicted molar refractivity (Wildman–Crippen MR) is 118 cm³/mol. The van der Waals surface area contributed by atoms with E-state index in [0.717, 1.165) is 53.7 Å². The van der Waals surface area contributed by atoms with Gasteiger partial charge in [-0.15, -0.1) is 0 Å². The Bertz CT molecular complexity index is 962. The molecule has 1 N–H and O–H groups in total. The number of benzene rings is 1. The molecule has 0 fully saturated rings. The summed E-state index contributed by atoms with van der Waals surface area (Å²) >= 11 is 0. The van der Waals surface area contributed by atoms with Crippen LogP contribution in [-0.4, -0.2) is 29.8 Å². The smallest absolute Gasteiger partial charge is 0.303 e. The van der Waals surface area contributed by atoms with Crippen LogP contribution >= 0.6 is 0 Å².